The topological polar surface area (TPSA) is 355 Å². The van der Waals surface area contributed by atoms with Gasteiger partial charge in [0.2, 0.25) is 30.1 Å². The Morgan fingerprint density at radius 1 is 0.429 bits per heavy atom. The molecule has 8 aromatic rings. The Morgan fingerprint density at radius 2 is 0.714 bits per heavy atom. The van der Waals surface area contributed by atoms with E-state index in [4.69, 9.17) is 57.8 Å². The first-order valence-electron chi connectivity index (χ1n) is 43.5. The van der Waals surface area contributed by atoms with Gasteiger partial charge in [0.25, 0.3) is 0 Å². The number of carboxylic acids is 1. The molecule has 133 heavy (non-hydrogen) atoms. The number of fused-ring (bicyclic) bond motifs is 2. The maximum Gasteiger partial charge on any atom is 0.339 e. The van der Waals surface area contributed by atoms with E-state index in [0.29, 0.717) is 108 Å². The molecule has 0 aliphatic carbocycles. The fourth-order valence-electron chi connectivity index (χ4n) is 15.2. The van der Waals surface area contributed by atoms with Crippen molar-refractivity contribution in [3.8, 4) is 67.5 Å². The molecule has 2 heterocycles. The standard InChI is InChI=1S/C28H37NO6S.C26H33NO6S.C25H31NO6S.C25H33NO4/c1-10-16-34-25-20(5)22(21-14-12-18(3)13-15-21)23(26(27(30)33-9)35-28(6,7)8)19(4)24(25)29-36(31,32)17-11-2;1-16-10-12-19(13-11-16)20-18(3)23-22(27-34(29,30)15-9-8-14-32-23)17(2)21(20)24(25(28)31-7)33-26(4,5)6;1-15-9-11-18(12-10-15)19-17(3)22-21(26-33(29,30)14-8-7-13-31-22)16(2)20(19)23(24(27)28)32-25(4,5)6;1-9-14-29-22-17(4)19(18-12-10-15(2)11-13-18)20(16(3)21(22)26)23(24(27)28-8)30-25(5,6)7/h10-15,26,29H,1-2,16-17H2,3-9H3;8-13,24,27H,14-15H2,1-7H3;7-12,23,26H,13-14H2,1-6H3,(H,27,28);9-13,23H,1,14,26H2,2-8H3/b;9-8-;8-7-;/t26-;24-;2*23-/m0000/s1. The normalized spacial score (nSPS) is 14.9. The highest BCUT2D eigenvalue weighted by molar-refractivity contribution is 7.93. The summed E-state index contributed by atoms with van der Waals surface area (Å²) in [7, 11) is -7.21. The number of nitrogens with two attached hydrogens (primary N) is 1. The van der Waals surface area contributed by atoms with E-state index in [2.05, 4.69) is 33.9 Å². The number of hydrogen-bond acceptors (Lipinski definition) is 22. The van der Waals surface area contributed by atoms with E-state index < -0.39 is 101 Å². The third-order valence-corrected chi connectivity index (χ3v) is 24.7. The number of anilines is 4. The zero-order valence-electron chi connectivity index (χ0n) is 82.0. The van der Waals surface area contributed by atoms with Gasteiger partial charge in [-0.2, -0.15) is 0 Å². The number of ether oxygens (including phenoxy) is 11. The number of nitrogen functional groups attached to an aromatic ring is 1. The van der Waals surface area contributed by atoms with Crippen LogP contribution in [0.4, 0.5) is 22.7 Å². The molecule has 8 aromatic carbocycles. The van der Waals surface area contributed by atoms with E-state index >= 15 is 0 Å². The minimum absolute atomic E-state index is 0.155. The first kappa shape index (κ1) is 108. The molecule has 0 spiro atoms. The van der Waals surface area contributed by atoms with Crippen LogP contribution in [0.15, 0.2) is 159 Å². The van der Waals surface area contributed by atoms with E-state index in [9.17, 15) is 49.5 Å². The van der Waals surface area contributed by atoms with Crippen molar-refractivity contribution >= 4 is 76.7 Å². The molecule has 26 nitrogen and oxygen atoms in total. The highest BCUT2D eigenvalue weighted by Gasteiger charge is 2.41. The molecule has 0 fully saturated rings. The molecule has 10 rings (SSSR count). The van der Waals surface area contributed by atoms with Crippen LogP contribution in [-0.2, 0) is 82.4 Å². The average Bonchev–Trinajstić information content (AvgIpc) is 1.21. The van der Waals surface area contributed by atoms with Gasteiger partial charge in [0.05, 0.1) is 83.7 Å². The largest absolute Gasteiger partial charge is 0.487 e. The Kier molecular flexibility index (Phi) is 37.1. The lowest BCUT2D eigenvalue weighted by atomic mass is 9.86. The summed E-state index contributed by atoms with van der Waals surface area (Å²) in [4.78, 5) is 51.4. The number of benzene rings is 8. The fraction of sp³-hybridized carbons (Fsp3) is 0.404. The lowest BCUT2D eigenvalue weighted by Gasteiger charge is -2.31. The molecule has 0 amide bonds. The van der Waals surface area contributed by atoms with Gasteiger partial charge in [-0.25, -0.2) is 44.4 Å². The van der Waals surface area contributed by atoms with Crippen LogP contribution in [0.3, 0.4) is 0 Å². The summed E-state index contributed by atoms with van der Waals surface area (Å²) in [6.07, 6.45) is 6.53. The van der Waals surface area contributed by atoms with E-state index in [1.165, 1.54) is 33.5 Å². The van der Waals surface area contributed by atoms with Crippen LogP contribution in [0.1, 0.15) is 197 Å². The number of sulfonamides is 3. The molecule has 2 aliphatic heterocycles. The number of nitrogens with one attached hydrogen (secondary N) is 3. The van der Waals surface area contributed by atoms with Gasteiger partial charge in [0, 0.05) is 44.5 Å². The lowest BCUT2D eigenvalue weighted by Crippen LogP contribution is -2.30. The quantitative estimate of drug-likeness (QED) is 0.0145. The van der Waals surface area contributed by atoms with Crippen molar-refractivity contribution in [3.05, 3.63) is 248 Å². The van der Waals surface area contributed by atoms with Crippen molar-refractivity contribution in [2.24, 2.45) is 0 Å². The highest BCUT2D eigenvalue weighted by Crippen LogP contribution is 2.53. The van der Waals surface area contributed by atoms with Gasteiger partial charge in [-0.15, -0.1) is 6.58 Å². The van der Waals surface area contributed by atoms with Gasteiger partial charge in [-0.3, -0.25) is 14.2 Å². The molecule has 6 N–H and O–H groups in total. The minimum Gasteiger partial charge on any atom is -0.487 e. The molecule has 0 aromatic heterocycles. The van der Waals surface area contributed by atoms with Crippen LogP contribution in [0.5, 0.6) is 23.0 Å². The van der Waals surface area contributed by atoms with Crippen molar-refractivity contribution < 1.29 is 102 Å². The van der Waals surface area contributed by atoms with Crippen LogP contribution < -0.4 is 38.8 Å². The molecule has 0 radical (unpaired) electrons. The second-order valence-corrected chi connectivity index (χ2v) is 41.8. The number of aliphatic carboxylic acids is 1. The zero-order valence-corrected chi connectivity index (χ0v) is 84.4. The number of carbonyl (C=O) groups excluding carboxylic acids is 3. The Balaban J connectivity index is 0.000000243. The van der Waals surface area contributed by atoms with Gasteiger partial charge in [-0.1, -0.05) is 175 Å². The molecule has 29 heteroatoms. The smallest absolute Gasteiger partial charge is 0.339 e. The second-order valence-electron chi connectivity index (χ2n) is 36.5. The summed E-state index contributed by atoms with van der Waals surface area (Å²) < 4.78 is 148. The summed E-state index contributed by atoms with van der Waals surface area (Å²) in [5.41, 5.74) is 23.0. The number of hydrogen-bond donors (Lipinski definition) is 5. The van der Waals surface area contributed by atoms with Crippen molar-refractivity contribution in [2.75, 3.05) is 84.9 Å². The number of rotatable bonds is 26. The predicted octanol–water partition coefficient (Wildman–Crippen LogP) is 21.2. The number of esters is 3. The van der Waals surface area contributed by atoms with E-state index in [1.807, 2.05) is 222 Å². The summed E-state index contributed by atoms with van der Waals surface area (Å²) in [5, 5.41) is 10.2. The van der Waals surface area contributed by atoms with Gasteiger partial charge in [-0.05, 0) is 233 Å². The summed E-state index contributed by atoms with van der Waals surface area (Å²) in [6.45, 7) is 56.5. The molecule has 0 bridgehead atoms. The van der Waals surface area contributed by atoms with Crippen LogP contribution >= 0.6 is 0 Å². The molecule has 4 atom stereocenters. The van der Waals surface area contributed by atoms with Crippen LogP contribution in [-0.4, -0.2) is 142 Å². The maximum absolute atomic E-state index is 13.1. The van der Waals surface area contributed by atoms with Crippen LogP contribution in [0.2, 0.25) is 0 Å². The Morgan fingerprint density at radius 3 is 1.02 bits per heavy atom. The Bertz CT molecular complexity index is 6010. The SMILES string of the molecule is C=CCOc1c(C)c(-c2ccc(C)cc2)c([C@H](OC(C)(C)C)C(=O)OC)c(C)c1N.C=CCOc1c(C)c(-c2ccc(C)cc2)c([C@H](OC(C)(C)C)C(=O)OC)c(C)c1NS(=O)(=O)CC=C.COC(=O)[C@@H](OC(C)(C)C)c1c(C)c2c(c(C)c1-c1ccc(C)cc1)OC/C=C\CS(=O)(=O)N2.Cc1ccc(-c2c(C)c3c(c(C)c2[C@H](OC(C)(C)C)C(=O)O)NS(=O)(=O)C/C=C\CO3)cc1. The monoisotopic (exact) mass is 1890 g/mol. The molecule has 2 aliphatic rings. The van der Waals surface area contributed by atoms with E-state index in [1.54, 1.807) is 71.9 Å². The van der Waals surface area contributed by atoms with E-state index in [0.717, 1.165) is 66.8 Å². The fourth-order valence-corrected chi connectivity index (χ4v) is 18.3. The summed E-state index contributed by atoms with van der Waals surface area (Å²) in [6, 6.07) is 31.6. The van der Waals surface area contributed by atoms with Crippen molar-refractivity contribution in [1.82, 2.24) is 0 Å². The molecule has 0 saturated carbocycles. The molecule has 0 saturated heterocycles. The van der Waals surface area contributed by atoms with Gasteiger partial charge >= 0.3 is 23.9 Å². The number of methoxy groups -OCH3 is 3. The average molecular weight is 1890 g/mol. The van der Waals surface area contributed by atoms with Crippen molar-refractivity contribution in [1.29, 1.82) is 0 Å². The minimum atomic E-state index is -3.79. The first-order chi connectivity index (χ1) is 61.9. The lowest BCUT2D eigenvalue weighted by molar-refractivity contribution is -0.164. The van der Waals surface area contributed by atoms with Gasteiger partial charge < -0.3 is 62.9 Å². The zero-order chi connectivity index (χ0) is 99.7. The van der Waals surface area contributed by atoms with Gasteiger partial charge in [0.15, 0.2) is 24.4 Å². The van der Waals surface area contributed by atoms with Crippen LogP contribution in [0.25, 0.3) is 44.5 Å². The van der Waals surface area contributed by atoms with Crippen LogP contribution in [0, 0.1) is 83.1 Å². The van der Waals surface area contributed by atoms with Crippen molar-refractivity contribution in [2.45, 2.75) is 213 Å². The van der Waals surface area contributed by atoms with Crippen molar-refractivity contribution in [3.63, 3.8) is 0 Å². The van der Waals surface area contributed by atoms with Gasteiger partial charge in [0.1, 0.15) is 49.4 Å². The number of carbonyl (C=O) groups is 4. The third kappa shape index (κ3) is 28.5. The number of aryl methyl sites for hydroxylation is 4. The number of carboxylic acid groups (broad SMARTS) is 1. The Labute approximate surface area is 787 Å². The molecular formula is C104H134N4O22S3. The molecular weight excluding hydrogens is 1750 g/mol. The summed E-state index contributed by atoms with van der Waals surface area (Å²) >= 11 is 0. The summed E-state index contributed by atoms with van der Waals surface area (Å²) in [5.74, 6) is -1.74. The molecule has 0 unspecified atom stereocenters. The second kappa shape index (κ2) is 45.4. The molecule has 720 valence electrons. The predicted molar refractivity (Wildman–Crippen MR) is 530 cm³/mol. The highest BCUT2D eigenvalue weighted by atomic mass is 32.2. The third-order valence-electron chi connectivity index (χ3n) is 21.2. The Hall–Kier alpha value is -11.6. The maximum atomic E-state index is 13.1. The first-order valence-corrected chi connectivity index (χ1v) is 48.4. The van der Waals surface area contributed by atoms with E-state index in [-0.39, 0.29) is 48.5 Å².